The van der Waals surface area contributed by atoms with Crippen LogP contribution in [0.25, 0.3) is 0 Å². The van der Waals surface area contributed by atoms with E-state index < -0.39 is 11.9 Å². The van der Waals surface area contributed by atoms with E-state index in [0.717, 1.165) is 10.7 Å². The Morgan fingerprint density at radius 3 is 2.42 bits per heavy atom. The van der Waals surface area contributed by atoms with Crippen molar-refractivity contribution in [3.05, 3.63) is 16.9 Å². The van der Waals surface area contributed by atoms with Crippen LogP contribution in [0.1, 0.15) is 12.6 Å². The zero-order valence-corrected chi connectivity index (χ0v) is 6.95. The molecule has 0 aromatic carbocycles. The Morgan fingerprint density at radius 1 is 1.58 bits per heavy atom. The lowest BCUT2D eigenvalue weighted by Gasteiger charge is -1.99. The molecule has 1 aromatic rings. The van der Waals surface area contributed by atoms with Crippen LogP contribution in [-0.4, -0.2) is 9.78 Å². The number of aryl methyl sites for hydroxylation is 1. The minimum absolute atomic E-state index is 0.00447. The first-order chi connectivity index (χ1) is 5.45. The molecule has 0 atom stereocenters. The van der Waals surface area contributed by atoms with Gasteiger partial charge in [-0.15, -0.1) is 0 Å². The van der Waals surface area contributed by atoms with Crippen molar-refractivity contribution in [2.75, 3.05) is 0 Å². The molecule has 0 saturated carbocycles. The van der Waals surface area contributed by atoms with Crippen LogP contribution in [0.4, 0.5) is 13.2 Å². The molecular weight excluding hydrogens is 193 g/mol. The SMILES string of the molecule is CCn1nc(C(F)(F)F)cc1Cl. The van der Waals surface area contributed by atoms with Gasteiger partial charge in [0.1, 0.15) is 5.15 Å². The van der Waals surface area contributed by atoms with E-state index in [0.29, 0.717) is 6.54 Å². The fourth-order valence-electron chi connectivity index (χ4n) is 0.754. The lowest BCUT2D eigenvalue weighted by atomic mass is 10.4. The van der Waals surface area contributed by atoms with Gasteiger partial charge in [0.25, 0.3) is 0 Å². The Bertz CT molecular complexity index is 279. The van der Waals surface area contributed by atoms with Crippen LogP contribution < -0.4 is 0 Å². The van der Waals surface area contributed by atoms with Gasteiger partial charge in [-0.2, -0.15) is 18.3 Å². The molecule has 12 heavy (non-hydrogen) atoms. The summed E-state index contributed by atoms with van der Waals surface area (Å²) in [5.41, 5.74) is -0.950. The maximum Gasteiger partial charge on any atom is 0.435 e. The average Bonchev–Trinajstić information content (AvgIpc) is 2.29. The molecular formula is C6H6ClF3N2. The highest BCUT2D eigenvalue weighted by molar-refractivity contribution is 6.29. The van der Waals surface area contributed by atoms with Crippen molar-refractivity contribution in [2.45, 2.75) is 19.6 Å². The molecule has 0 bridgehead atoms. The Hall–Kier alpha value is -0.710. The van der Waals surface area contributed by atoms with E-state index in [4.69, 9.17) is 11.6 Å². The lowest BCUT2D eigenvalue weighted by Crippen LogP contribution is -2.07. The van der Waals surface area contributed by atoms with E-state index in [2.05, 4.69) is 5.10 Å². The highest BCUT2D eigenvalue weighted by atomic mass is 35.5. The summed E-state index contributed by atoms with van der Waals surface area (Å²) in [6.07, 6.45) is -4.41. The zero-order valence-electron chi connectivity index (χ0n) is 6.19. The molecule has 1 aromatic heterocycles. The van der Waals surface area contributed by atoms with Gasteiger partial charge in [-0.1, -0.05) is 11.6 Å². The molecule has 0 amide bonds. The Labute approximate surface area is 71.9 Å². The maximum atomic E-state index is 12.0. The quantitative estimate of drug-likeness (QED) is 0.678. The van der Waals surface area contributed by atoms with Crippen LogP contribution in [0.5, 0.6) is 0 Å². The first-order valence-corrected chi connectivity index (χ1v) is 3.63. The van der Waals surface area contributed by atoms with Gasteiger partial charge in [0, 0.05) is 12.6 Å². The second kappa shape index (κ2) is 2.97. The Kier molecular flexibility index (Phi) is 2.32. The lowest BCUT2D eigenvalue weighted by molar-refractivity contribution is -0.141. The van der Waals surface area contributed by atoms with Gasteiger partial charge in [0.05, 0.1) is 0 Å². The Balaban J connectivity index is 3.05. The van der Waals surface area contributed by atoms with Gasteiger partial charge in [0.15, 0.2) is 5.69 Å². The third-order valence-electron chi connectivity index (χ3n) is 1.32. The predicted octanol–water partition coefficient (Wildman–Crippen LogP) is 2.58. The van der Waals surface area contributed by atoms with E-state index >= 15 is 0 Å². The number of hydrogen-bond acceptors (Lipinski definition) is 1. The number of aromatic nitrogens is 2. The summed E-state index contributed by atoms with van der Waals surface area (Å²) in [6, 6.07) is 0.811. The van der Waals surface area contributed by atoms with E-state index in [9.17, 15) is 13.2 Å². The molecule has 0 spiro atoms. The minimum Gasteiger partial charge on any atom is -0.254 e. The molecule has 0 aliphatic rings. The van der Waals surface area contributed by atoms with Gasteiger partial charge < -0.3 is 0 Å². The van der Waals surface area contributed by atoms with E-state index in [1.807, 2.05) is 0 Å². The molecule has 68 valence electrons. The van der Waals surface area contributed by atoms with Crippen molar-refractivity contribution in [2.24, 2.45) is 0 Å². The van der Waals surface area contributed by atoms with Crippen LogP contribution >= 0.6 is 11.6 Å². The summed E-state index contributed by atoms with van der Waals surface area (Å²) >= 11 is 5.45. The van der Waals surface area contributed by atoms with Crippen LogP contribution in [0, 0.1) is 0 Å². The molecule has 1 heterocycles. The monoisotopic (exact) mass is 198 g/mol. The summed E-state index contributed by atoms with van der Waals surface area (Å²) in [5.74, 6) is 0. The molecule has 0 unspecified atom stereocenters. The number of alkyl halides is 3. The van der Waals surface area contributed by atoms with E-state index in [1.165, 1.54) is 0 Å². The minimum atomic E-state index is -4.41. The van der Waals surface area contributed by atoms with Crippen LogP contribution in [-0.2, 0) is 12.7 Å². The average molecular weight is 199 g/mol. The van der Waals surface area contributed by atoms with Crippen molar-refractivity contribution < 1.29 is 13.2 Å². The highest BCUT2D eigenvalue weighted by Gasteiger charge is 2.34. The number of rotatable bonds is 1. The highest BCUT2D eigenvalue weighted by Crippen LogP contribution is 2.29. The fraction of sp³-hybridized carbons (Fsp3) is 0.500. The topological polar surface area (TPSA) is 17.8 Å². The summed E-state index contributed by atoms with van der Waals surface area (Å²) in [5, 5.41) is 3.26. The molecule has 2 nitrogen and oxygen atoms in total. The van der Waals surface area contributed by atoms with Crippen LogP contribution in [0.3, 0.4) is 0 Å². The number of halogens is 4. The molecule has 1 rings (SSSR count). The van der Waals surface area contributed by atoms with Gasteiger partial charge in [-0.25, -0.2) is 0 Å². The number of hydrogen-bond donors (Lipinski definition) is 0. The summed E-state index contributed by atoms with van der Waals surface area (Å²) in [7, 11) is 0. The predicted molar refractivity (Wildman–Crippen MR) is 37.9 cm³/mol. The van der Waals surface area contributed by atoms with Gasteiger partial charge in [0.2, 0.25) is 0 Å². The van der Waals surface area contributed by atoms with E-state index in [-0.39, 0.29) is 5.15 Å². The molecule has 0 radical (unpaired) electrons. The Morgan fingerprint density at radius 2 is 2.17 bits per heavy atom. The fourth-order valence-corrected chi connectivity index (χ4v) is 1.01. The zero-order chi connectivity index (χ0) is 9.35. The summed E-state index contributed by atoms with van der Waals surface area (Å²) < 4.78 is 37.0. The van der Waals surface area contributed by atoms with Gasteiger partial charge in [-0.3, -0.25) is 4.68 Å². The van der Waals surface area contributed by atoms with Crippen molar-refractivity contribution in [1.29, 1.82) is 0 Å². The third-order valence-corrected chi connectivity index (χ3v) is 1.63. The van der Waals surface area contributed by atoms with Crippen molar-refractivity contribution >= 4 is 11.6 Å². The molecule has 0 aliphatic heterocycles. The first-order valence-electron chi connectivity index (χ1n) is 3.25. The first kappa shape index (κ1) is 9.38. The molecule has 6 heteroatoms. The molecule has 0 saturated heterocycles. The normalized spacial score (nSPS) is 12.1. The molecule has 0 fully saturated rings. The van der Waals surface area contributed by atoms with Crippen molar-refractivity contribution in [3.63, 3.8) is 0 Å². The largest absolute Gasteiger partial charge is 0.435 e. The van der Waals surface area contributed by atoms with Crippen LogP contribution in [0.2, 0.25) is 5.15 Å². The van der Waals surface area contributed by atoms with Crippen LogP contribution in [0.15, 0.2) is 6.07 Å². The van der Waals surface area contributed by atoms with Gasteiger partial charge in [-0.05, 0) is 6.92 Å². The molecule has 0 N–H and O–H groups in total. The van der Waals surface area contributed by atoms with E-state index in [1.54, 1.807) is 6.92 Å². The second-order valence-electron chi connectivity index (χ2n) is 2.17. The summed E-state index contributed by atoms with van der Waals surface area (Å²) in [4.78, 5) is 0. The smallest absolute Gasteiger partial charge is 0.254 e. The second-order valence-corrected chi connectivity index (χ2v) is 2.55. The maximum absolute atomic E-state index is 12.0. The molecule has 0 aliphatic carbocycles. The van der Waals surface area contributed by atoms with Gasteiger partial charge >= 0.3 is 6.18 Å². The van der Waals surface area contributed by atoms with Crippen molar-refractivity contribution in [1.82, 2.24) is 9.78 Å². The third kappa shape index (κ3) is 1.72. The summed E-state index contributed by atoms with van der Waals surface area (Å²) in [6.45, 7) is 1.99. The van der Waals surface area contributed by atoms with Crippen molar-refractivity contribution in [3.8, 4) is 0 Å². The number of nitrogens with zero attached hydrogens (tertiary/aromatic N) is 2. The standard InChI is InChI=1S/C6H6ClF3N2/c1-2-12-5(7)3-4(11-12)6(8,9)10/h3H,2H2,1H3.